The highest BCUT2D eigenvalue weighted by atomic mass is 32.1. The summed E-state index contributed by atoms with van der Waals surface area (Å²) in [5, 5.41) is 19.5. The Hall–Kier alpha value is -2.34. The fourth-order valence-corrected chi connectivity index (χ4v) is 3.53. The summed E-state index contributed by atoms with van der Waals surface area (Å²) in [6.45, 7) is 6.99. The van der Waals surface area contributed by atoms with Gasteiger partial charge in [-0.05, 0) is 44.5 Å². The molecule has 1 aromatic carbocycles. The monoisotopic (exact) mass is 343 g/mol. The van der Waals surface area contributed by atoms with Crippen molar-refractivity contribution in [1.82, 2.24) is 4.98 Å². The molecule has 0 saturated carbocycles. The lowest BCUT2D eigenvalue weighted by molar-refractivity contribution is 0.317. The second-order valence-electron chi connectivity index (χ2n) is 5.76. The largest absolute Gasteiger partial charge is 0.510 e. The van der Waals surface area contributed by atoms with Crippen LogP contribution in [0.4, 0.5) is 5.69 Å². The molecule has 2 N–H and O–H groups in total. The van der Waals surface area contributed by atoms with Crippen molar-refractivity contribution in [3.63, 3.8) is 0 Å². The minimum absolute atomic E-state index is 0.194. The third kappa shape index (κ3) is 3.01. The highest BCUT2D eigenvalue weighted by Gasteiger charge is 2.31. The van der Waals surface area contributed by atoms with Gasteiger partial charge in [-0.1, -0.05) is 6.92 Å². The lowest BCUT2D eigenvalue weighted by atomic mass is 10.2. The van der Waals surface area contributed by atoms with Gasteiger partial charge in [-0.2, -0.15) is 0 Å². The van der Waals surface area contributed by atoms with E-state index in [0.29, 0.717) is 23.7 Å². The van der Waals surface area contributed by atoms with Gasteiger partial charge in [0.05, 0.1) is 24.4 Å². The number of benzene rings is 1. The predicted octanol–water partition coefficient (Wildman–Crippen LogP) is 4.32. The van der Waals surface area contributed by atoms with E-state index in [-0.39, 0.29) is 11.6 Å². The van der Waals surface area contributed by atoms with Crippen LogP contribution in [0.25, 0.3) is 5.57 Å². The van der Waals surface area contributed by atoms with Crippen LogP contribution in [0.1, 0.15) is 28.9 Å². The minimum atomic E-state index is 0.194. The molecule has 0 spiro atoms. The van der Waals surface area contributed by atoms with Gasteiger partial charge in [0.25, 0.3) is 0 Å². The maximum Gasteiger partial charge on any atom is 0.139 e. The molecule has 0 amide bonds. The van der Waals surface area contributed by atoms with Crippen molar-refractivity contribution >= 4 is 28.4 Å². The fourth-order valence-electron chi connectivity index (χ4n) is 2.55. The number of rotatable bonds is 5. The summed E-state index contributed by atoms with van der Waals surface area (Å²) in [6, 6.07) is 7.61. The molecule has 6 heteroatoms. The number of nitrogens with one attached hydrogen (secondary N) is 1. The maximum atomic E-state index is 10.4. The molecule has 0 saturated heterocycles. The smallest absolute Gasteiger partial charge is 0.139 e. The first-order chi connectivity index (χ1) is 11.5. The van der Waals surface area contributed by atoms with Gasteiger partial charge >= 0.3 is 0 Å². The summed E-state index contributed by atoms with van der Waals surface area (Å²) in [6.07, 6.45) is 0.965. The van der Waals surface area contributed by atoms with Gasteiger partial charge in [0.15, 0.2) is 0 Å². The molecule has 3 rings (SSSR count). The number of anilines is 1. The second kappa shape index (κ2) is 6.65. The van der Waals surface area contributed by atoms with E-state index < -0.39 is 0 Å². The number of aliphatic hydroxyl groups is 1. The van der Waals surface area contributed by atoms with Gasteiger partial charge < -0.3 is 14.7 Å². The minimum Gasteiger partial charge on any atom is -0.510 e. The van der Waals surface area contributed by atoms with Crippen LogP contribution in [-0.2, 0) is 0 Å². The number of hydrogen-bond acceptors (Lipinski definition) is 5. The van der Waals surface area contributed by atoms with Crippen molar-refractivity contribution in [2.75, 3.05) is 18.1 Å². The van der Waals surface area contributed by atoms with Crippen molar-refractivity contribution in [2.24, 2.45) is 0 Å². The van der Waals surface area contributed by atoms with Crippen LogP contribution >= 0.6 is 11.3 Å². The van der Waals surface area contributed by atoms with Crippen LogP contribution in [0.5, 0.6) is 5.75 Å². The van der Waals surface area contributed by atoms with E-state index in [1.165, 1.54) is 11.3 Å². The summed E-state index contributed by atoms with van der Waals surface area (Å²) in [7, 11) is 0. The third-order valence-electron chi connectivity index (χ3n) is 3.97. The molecule has 2 heterocycles. The summed E-state index contributed by atoms with van der Waals surface area (Å²) in [5.41, 5.74) is 2.33. The third-order valence-corrected chi connectivity index (χ3v) is 5.06. The van der Waals surface area contributed by atoms with Crippen molar-refractivity contribution in [3.8, 4) is 5.75 Å². The van der Waals surface area contributed by atoms with Gasteiger partial charge in [-0.25, -0.2) is 4.98 Å². The molecule has 1 aromatic heterocycles. The van der Waals surface area contributed by atoms with Crippen LogP contribution in [0.15, 0.2) is 30.0 Å². The molecule has 0 fully saturated rings. The first kappa shape index (κ1) is 16.5. The zero-order chi connectivity index (χ0) is 17.3. The molecule has 0 atom stereocenters. The van der Waals surface area contributed by atoms with Gasteiger partial charge in [0, 0.05) is 10.6 Å². The summed E-state index contributed by atoms with van der Waals surface area (Å²) in [5.74, 6) is 1.29. The zero-order valence-electron chi connectivity index (χ0n) is 14.1. The number of nitrogens with zero attached hydrogens (tertiary/aromatic N) is 2. The normalized spacial score (nSPS) is 14.6. The molecule has 126 valence electrons. The molecule has 0 unspecified atom stereocenters. The summed E-state index contributed by atoms with van der Waals surface area (Å²) in [4.78, 5) is 7.37. The molecule has 1 aliphatic rings. The lowest BCUT2D eigenvalue weighted by Crippen LogP contribution is -2.25. The Morgan fingerprint density at radius 2 is 2.00 bits per heavy atom. The molecule has 1 aliphatic heterocycles. The van der Waals surface area contributed by atoms with E-state index in [4.69, 9.17) is 10.1 Å². The molecule has 0 aliphatic carbocycles. The van der Waals surface area contributed by atoms with Crippen molar-refractivity contribution in [3.05, 3.63) is 45.6 Å². The number of ether oxygens (including phenoxy) is 1. The molecule has 0 bridgehead atoms. The Labute approximate surface area is 145 Å². The van der Waals surface area contributed by atoms with Crippen LogP contribution < -0.4 is 9.64 Å². The number of thiazole rings is 1. The molecule has 5 nitrogen and oxygen atoms in total. The van der Waals surface area contributed by atoms with Crippen LogP contribution in [0.2, 0.25) is 0 Å². The Morgan fingerprint density at radius 1 is 1.29 bits per heavy atom. The second-order valence-corrected chi connectivity index (χ2v) is 6.96. The van der Waals surface area contributed by atoms with Crippen LogP contribution in [0, 0.1) is 19.3 Å². The van der Waals surface area contributed by atoms with E-state index in [2.05, 4.69) is 11.9 Å². The fraction of sp³-hybridized carbons (Fsp3) is 0.333. The average molecular weight is 343 g/mol. The highest BCUT2D eigenvalue weighted by Crippen LogP contribution is 2.34. The highest BCUT2D eigenvalue weighted by molar-refractivity contribution is 7.13. The van der Waals surface area contributed by atoms with Gasteiger partial charge in [-0.3, -0.25) is 5.41 Å². The van der Waals surface area contributed by atoms with Crippen molar-refractivity contribution in [2.45, 2.75) is 27.2 Å². The molecular formula is C18H21N3O2S. The molecule has 0 radical (unpaired) electrons. The molecule has 24 heavy (non-hydrogen) atoms. The number of aromatic nitrogens is 1. The molecule has 2 aromatic rings. The van der Waals surface area contributed by atoms with Gasteiger partial charge in [-0.15, -0.1) is 11.3 Å². The van der Waals surface area contributed by atoms with E-state index in [1.54, 1.807) is 4.90 Å². The number of aliphatic hydroxyl groups excluding tert-OH is 1. The van der Waals surface area contributed by atoms with Crippen LogP contribution in [-0.4, -0.2) is 29.1 Å². The first-order valence-electron chi connectivity index (χ1n) is 7.97. The van der Waals surface area contributed by atoms with E-state index in [9.17, 15) is 5.11 Å². The number of amidine groups is 1. The SMILES string of the molecule is CCCOc1ccc(N2CC(O)=C(c3nc(C)c(C)s3)C2=N)cc1. The number of aryl methyl sites for hydroxylation is 2. The maximum absolute atomic E-state index is 10.4. The Balaban J connectivity index is 1.81. The zero-order valence-corrected chi connectivity index (χ0v) is 14.9. The lowest BCUT2D eigenvalue weighted by Gasteiger charge is -2.19. The van der Waals surface area contributed by atoms with E-state index in [0.717, 1.165) is 28.4 Å². The number of hydrogen-bond donors (Lipinski definition) is 2. The molecular weight excluding hydrogens is 322 g/mol. The topological polar surface area (TPSA) is 69.4 Å². The first-order valence-corrected chi connectivity index (χ1v) is 8.78. The van der Waals surface area contributed by atoms with E-state index in [1.807, 2.05) is 38.1 Å². The van der Waals surface area contributed by atoms with Gasteiger partial charge in [0.1, 0.15) is 22.4 Å². The average Bonchev–Trinajstić information content (AvgIpc) is 3.05. The predicted molar refractivity (Wildman–Crippen MR) is 98.4 cm³/mol. The van der Waals surface area contributed by atoms with Crippen LogP contribution in [0.3, 0.4) is 0 Å². The summed E-state index contributed by atoms with van der Waals surface area (Å²) < 4.78 is 5.59. The Kier molecular flexibility index (Phi) is 4.57. The summed E-state index contributed by atoms with van der Waals surface area (Å²) >= 11 is 1.51. The Bertz CT molecular complexity index is 774. The van der Waals surface area contributed by atoms with E-state index >= 15 is 0 Å². The standard InChI is InChI=1S/C18H21N3O2S/c1-4-9-23-14-7-5-13(6-8-14)21-10-15(22)16(17(21)19)18-20-11(2)12(3)24-18/h5-8,19,22H,4,9-10H2,1-3H3. The van der Waals surface area contributed by atoms with Gasteiger partial charge in [0.2, 0.25) is 0 Å². The van der Waals surface area contributed by atoms with Crippen molar-refractivity contribution in [1.29, 1.82) is 5.41 Å². The Morgan fingerprint density at radius 3 is 2.58 bits per heavy atom. The quantitative estimate of drug-likeness (QED) is 0.848. The van der Waals surface area contributed by atoms with Crippen molar-refractivity contribution < 1.29 is 9.84 Å².